The maximum atomic E-state index is 14.0. The summed E-state index contributed by atoms with van der Waals surface area (Å²) in [6, 6.07) is 16.6. The van der Waals surface area contributed by atoms with Crippen LogP contribution in [0.15, 0.2) is 66.9 Å². The van der Waals surface area contributed by atoms with Crippen molar-refractivity contribution >= 4 is 17.8 Å². The number of aromatic carboxylic acids is 1. The standard InChI is InChI=1S/C32H35N5O5/c1-18-13-24(29(34)38)19(2)12-23(18)15-26(33)31(39)37(17-21-10-11-28(42-4)25(14-21)32(40)41)20(3)30-35-16-27(36-30)22-8-6-5-7-9-22/h5-14,16,20,26H,15,17,33H2,1-4H3,(H2,34,38)(H,35,36)(H,40,41). The zero-order valence-electron chi connectivity index (χ0n) is 24.0. The Labute approximate surface area is 244 Å². The van der Waals surface area contributed by atoms with E-state index in [9.17, 15) is 19.5 Å². The quantitative estimate of drug-likeness (QED) is 0.211. The van der Waals surface area contributed by atoms with Gasteiger partial charge in [0.25, 0.3) is 0 Å². The van der Waals surface area contributed by atoms with Crippen molar-refractivity contribution in [3.63, 3.8) is 0 Å². The Morgan fingerprint density at radius 1 is 1.02 bits per heavy atom. The van der Waals surface area contributed by atoms with Gasteiger partial charge in [0.15, 0.2) is 0 Å². The number of aromatic amines is 1. The van der Waals surface area contributed by atoms with Gasteiger partial charge in [-0.3, -0.25) is 9.59 Å². The largest absolute Gasteiger partial charge is 0.496 e. The molecule has 4 rings (SSSR count). The maximum Gasteiger partial charge on any atom is 0.339 e. The number of nitrogens with zero attached hydrogens (tertiary/aromatic N) is 2. The van der Waals surface area contributed by atoms with Crippen molar-refractivity contribution < 1.29 is 24.2 Å². The van der Waals surface area contributed by atoms with Crippen LogP contribution in [0, 0.1) is 13.8 Å². The SMILES string of the molecule is COc1ccc(CN(C(=O)C(N)Cc2cc(C)c(C(N)=O)cc2C)C(C)c2ncc(-c3ccccc3)[nH]2)cc1C(=O)O. The fourth-order valence-corrected chi connectivity index (χ4v) is 4.98. The molecular weight excluding hydrogens is 534 g/mol. The highest BCUT2D eigenvalue weighted by molar-refractivity contribution is 5.94. The molecule has 2 amide bonds. The second-order valence-electron chi connectivity index (χ2n) is 10.3. The molecule has 2 unspecified atom stereocenters. The number of carbonyl (C=O) groups is 3. The third-order valence-electron chi connectivity index (χ3n) is 7.38. The number of benzene rings is 3. The highest BCUT2D eigenvalue weighted by Gasteiger charge is 2.29. The van der Waals surface area contributed by atoms with Gasteiger partial charge in [-0.15, -0.1) is 0 Å². The maximum absolute atomic E-state index is 14.0. The summed E-state index contributed by atoms with van der Waals surface area (Å²) >= 11 is 0. The molecule has 0 saturated heterocycles. The second-order valence-corrected chi connectivity index (χ2v) is 10.3. The van der Waals surface area contributed by atoms with Crippen LogP contribution in [0.3, 0.4) is 0 Å². The Bertz CT molecular complexity index is 1620. The van der Waals surface area contributed by atoms with Crippen LogP contribution in [0.1, 0.15) is 61.8 Å². The van der Waals surface area contributed by atoms with Crippen LogP contribution in [-0.2, 0) is 17.8 Å². The van der Waals surface area contributed by atoms with Crippen LogP contribution >= 0.6 is 0 Å². The normalized spacial score (nSPS) is 12.4. The monoisotopic (exact) mass is 569 g/mol. The molecule has 2 atom stereocenters. The molecule has 4 aromatic rings. The Morgan fingerprint density at radius 2 is 1.74 bits per heavy atom. The van der Waals surface area contributed by atoms with E-state index in [0.29, 0.717) is 22.5 Å². The van der Waals surface area contributed by atoms with Gasteiger partial charge >= 0.3 is 5.97 Å². The molecular formula is C32H35N5O5. The number of amides is 2. The average Bonchev–Trinajstić information content (AvgIpc) is 3.47. The van der Waals surface area contributed by atoms with E-state index in [4.69, 9.17) is 16.2 Å². The van der Waals surface area contributed by atoms with Crippen molar-refractivity contribution in [3.8, 4) is 17.0 Å². The van der Waals surface area contributed by atoms with Gasteiger partial charge < -0.3 is 31.2 Å². The molecule has 218 valence electrons. The van der Waals surface area contributed by atoms with Gasteiger partial charge in [-0.2, -0.15) is 0 Å². The van der Waals surface area contributed by atoms with Crippen LogP contribution in [0.2, 0.25) is 0 Å². The summed E-state index contributed by atoms with van der Waals surface area (Å²) < 4.78 is 5.20. The minimum atomic E-state index is -1.14. The number of nitrogens with one attached hydrogen (secondary N) is 1. The van der Waals surface area contributed by atoms with Crippen molar-refractivity contribution in [3.05, 3.63) is 106 Å². The Balaban J connectivity index is 1.67. The minimum Gasteiger partial charge on any atom is -0.496 e. The zero-order valence-corrected chi connectivity index (χ0v) is 24.0. The molecule has 0 radical (unpaired) electrons. The van der Waals surface area contributed by atoms with Gasteiger partial charge in [0.05, 0.1) is 31.1 Å². The summed E-state index contributed by atoms with van der Waals surface area (Å²) in [4.78, 5) is 47.1. The van der Waals surface area contributed by atoms with Crippen LogP contribution in [0.25, 0.3) is 11.3 Å². The van der Waals surface area contributed by atoms with E-state index < -0.39 is 24.0 Å². The number of primary amides is 1. The number of hydrogen-bond donors (Lipinski definition) is 4. The number of H-pyrrole nitrogens is 1. The lowest BCUT2D eigenvalue weighted by molar-refractivity contribution is -0.135. The average molecular weight is 570 g/mol. The lowest BCUT2D eigenvalue weighted by Gasteiger charge is -2.31. The Morgan fingerprint density at radius 3 is 2.38 bits per heavy atom. The molecule has 0 saturated carbocycles. The number of ether oxygens (including phenoxy) is 1. The molecule has 0 spiro atoms. The molecule has 0 aliphatic rings. The molecule has 0 aliphatic carbocycles. The Hall–Kier alpha value is -4.96. The number of hydrogen-bond acceptors (Lipinski definition) is 6. The fourth-order valence-electron chi connectivity index (χ4n) is 4.98. The molecule has 6 N–H and O–H groups in total. The van der Waals surface area contributed by atoms with Gasteiger partial charge in [-0.1, -0.05) is 42.5 Å². The first-order valence-corrected chi connectivity index (χ1v) is 13.5. The second kappa shape index (κ2) is 12.7. The van der Waals surface area contributed by atoms with E-state index in [0.717, 1.165) is 22.4 Å². The topological polar surface area (TPSA) is 165 Å². The fraction of sp³-hybridized carbons (Fsp3) is 0.250. The number of methoxy groups -OCH3 is 1. The van der Waals surface area contributed by atoms with Gasteiger partial charge in [0.2, 0.25) is 11.8 Å². The van der Waals surface area contributed by atoms with E-state index in [1.807, 2.05) is 50.2 Å². The molecule has 10 nitrogen and oxygen atoms in total. The highest BCUT2D eigenvalue weighted by atomic mass is 16.5. The van der Waals surface area contributed by atoms with E-state index >= 15 is 0 Å². The number of nitrogens with two attached hydrogens (primary N) is 2. The first-order valence-electron chi connectivity index (χ1n) is 13.5. The van der Waals surface area contributed by atoms with Crippen molar-refractivity contribution in [1.82, 2.24) is 14.9 Å². The van der Waals surface area contributed by atoms with Crippen molar-refractivity contribution in [2.75, 3.05) is 7.11 Å². The molecule has 42 heavy (non-hydrogen) atoms. The predicted octanol–water partition coefficient (Wildman–Crippen LogP) is 4.16. The van der Waals surface area contributed by atoms with Crippen molar-refractivity contribution in [1.29, 1.82) is 0 Å². The number of aromatic nitrogens is 2. The minimum absolute atomic E-state index is 0.00986. The predicted molar refractivity (Wildman–Crippen MR) is 159 cm³/mol. The van der Waals surface area contributed by atoms with Crippen molar-refractivity contribution in [2.45, 2.75) is 45.8 Å². The van der Waals surface area contributed by atoms with E-state index in [1.54, 1.807) is 36.2 Å². The smallest absolute Gasteiger partial charge is 0.339 e. The summed E-state index contributed by atoms with van der Waals surface area (Å²) in [7, 11) is 1.40. The highest BCUT2D eigenvalue weighted by Crippen LogP contribution is 2.27. The summed E-state index contributed by atoms with van der Waals surface area (Å²) in [6.07, 6.45) is 1.94. The summed E-state index contributed by atoms with van der Waals surface area (Å²) in [5, 5.41) is 9.69. The zero-order chi connectivity index (χ0) is 30.6. The summed E-state index contributed by atoms with van der Waals surface area (Å²) in [5.74, 6) is -1.23. The lowest BCUT2D eigenvalue weighted by atomic mass is 9.94. The molecule has 0 aliphatic heterocycles. The van der Waals surface area contributed by atoms with E-state index in [2.05, 4.69) is 9.97 Å². The van der Waals surface area contributed by atoms with Crippen LogP contribution in [0.5, 0.6) is 5.75 Å². The molecule has 0 fully saturated rings. The number of imidazole rings is 1. The van der Waals surface area contributed by atoms with Gasteiger partial charge in [0.1, 0.15) is 17.1 Å². The van der Waals surface area contributed by atoms with Crippen molar-refractivity contribution in [2.24, 2.45) is 11.5 Å². The lowest BCUT2D eigenvalue weighted by Crippen LogP contribution is -2.46. The first-order chi connectivity index (χ1) is 20.0. The van der Waals surface area contributed by atoms with Crippen LogP contribution in [-0.4, -0.2) is 50.9 Å². The number of carbonyl (C=O) groups excluding carboxylic acids is 2. The van der Waals surface area contributed by atoms with Crippen LogP contribution in [0.4, 0.5) is 0 Å². The molecule has 0 bridgehead atoms. The Kier molecular flexibility index (Phi) is 9.07. The van der Waals surface area contributed by atoms with E-state index in [-0.39, 0.29) is 30.2 Å². The van der Waals surface area contributed by atoms with E-state index in [1.165, 1.54) is 13.2 Å². The van der Waals surface area contributed by atoms with Gasteiger partial charge in [0, 0.05) is 12.1 Å². The number of carboxylic acids is 1. The van der Waals surface area contributed by atoms with Gasteiger partial charge in [-0.05, 0) is 73.2 Å². The third kappa shape index (κ3) is 6.50. The molecule has 1 aromatic heterocycles. The summed E-state index contributed by atoms with van der Waals surface area (Å²) in [5.41, 5.74) is 17.1. The molecule has 3 aromatic carbocycles. The number of rotatable bonds is 11. The van der Waals surface area contributed by atoms with Crippen LogP contribution < -0.4 is 16.2 Å². The third-order valence-corrected chi connectivity index (χ3v) is 7.38. The first kappa shape index (κ1) is 30.0. The number of carboxylic acid groups (broad SMARTS) is 1. The molecule has 1 heterocycles. The summed E-state index contributed by atoms with van der Waals surface area (Å²) in [6.45, 7) is 5.56. The molecule has 10 heteroatoms. The van der Waals surface area contributed by atoms with Gasteiger partial charge in [-0.25, -0.2) is 9.78 Å². The number of aryl methyl sites for hydroxylation is 2.